The fraction of sp³-hybridized carbons (Fsp3) is 0.154. The molecule has 0 bridgehead atoms. The summed E-state index contributed by atoms with van der Waals surface area (Å²) in [6.07, 6.45) is 0.757. The van der Waals surface area contributed by atoms with Crippen LogP contribution in [0.4, 0.5) is 0 Å². The number of nitriles is 1. The van der Waals surface area contributed by atoms with Crippen LogP contribution in [0.25, 0.3) is 16.6 Å². The first-order valence-corrected chi connectivity index (χ1v) is 11.5. The van der Waals surface area contributed by atoms with Crippen molar-refractivity contribution in [2.24, 2.45) is 0 Å². The number of nitrogens with zero attached hydrogens (tertiary/aromatic N) is 3. The van der Waals surface area contributed by atoms with E-state index >= 15 is 0 Å². The lowest BCUT2D eigenvalue weighted by atomic mass is 10.1. The highest BCUT2D eigenvalue weighted by Gasteiger charge is 2.15. The minimum atomic E-state index is -0.215. The van der Waals surface area contributed by atoms with Gasteiger partial charge >= 0.3 is 0 Å². The predicted octanol–water partition coefficient (Wildman–Crippen LogP) is 4.02. The molecule has 0 fully saturated rings. The van der Waals surface area contributed by atoms with Gasteiger partial charge in [0.25, 0.3) is 5.56 Å². The third-order valence-electron chi connectivity index (χ3n) is 5.31. The summed E-state index contributed by atoms with van der Waals surface area (Å²) in [4.78, 5) is 30.4. The highest BCUT2D eigenvalue weighted by atomic mass is 32.2. The average Bonchev–Trinajstić information content (AvgIpc) is 2.84. The maximum absolute atomic E-state index is 13.3. The molecule has 0 spiro atoms. The first kappa shape index (κ1) is 22.3. The number of para-hydroxylation sites is 1. The van der Waals surface area contributed by atoms with Gasteiger partial charge in [-0.25, -0.2) is 4.98 Å². The molecule has 33 heavy (non-hydrogen) atoms. The van der Waals surface area contributed by atoms with Crippen molar-refractivity contribution in [1.82, 2.24) is 14.9 Å². The molecule has 1 amide bonds. The molecule has 164 valence electrons. The zero-order chi connectivity index (χ0) is 23.2. The van der Waals surface area contributed by atoms with Crippen molar-refractivity contribution in [3.8, 4) is 11.8 Å². The van der Waals surface area contributed by atoms with Gasteiger partial charge in [-0.1, -0.05) is 48.2 Å². The van der Waals surface area contributed by atoms with Gasteiger partial charge in [0.15, 0.2) is 5.16 Å². The van der Waals surface area contributed by atoms with Gasteiger partial charge in [-0.05, 0) is 60.9 Å². The summed E-state index contributed by atoms with van der Waals surface area (Å²) in [6.45, 7) is 2.60. The summed E-state index contributed by atoms with van der Waals surface area (Å²) >= 11 is 1.21. The van der Waals surface area contributed by atoms with Crippen LogP contribution in [-0.2, 0) is 11.2 Å². The third kappa shape index (κ3) is 5.13. The van der Waals surface area contributed by atoms with E-state index in [1.165, 1.54) is 27.5 Å². The standard InChI is InChI=1S/C26H22N4O2S/c1-18-6-2-3-7-20(18)14-15-28-24(31)17-33-26-29-23-9-5-4-8-22(23)25(32)30(26)21-12-10-19(16-27)11-13-21/h2-13H,14-15,17H2,1H3,(H,28,31). The van der Waals surface area contributed by atoms with E-state index < -0.39 is 0 Å². The molecule has 7 heteroatoms. The van der Waals surface area contributed by atoms with Gasteiger partial charge in [0, 0.05) is 6.54 Å². The zero-order valence-electron chi connectivity index (χ0n) is 18.1. The minimum absolute atomic E-state index is 0.123. The van der Waals surface area contributed by atoms with E-state index in [4.69, 9.17) is 5.26 Å². The Hall–Kier alpha value is -3.89. The molecular formula is C26H22N4O2S. The fourth-order valence-electron chi connectivity index (χ4n) is 3.53. The summed E-state index contributed by atoms with van der Waals surface area (Å²) in [5, 5.41) is 12.9. The van der Waals surface area contributed by atoms with Crippen molar-refractivity contribution in [3.05, 3.63) is 99.8 Å². The van der Waals surface area contributed by atoms with E-state index in [1.807, 2.05) is 18.2 Å². The molecule has 0 saturated heterocycles. The van der Waals surface area contributed by atoms with Gasteiger partial charge in [-0.2, -0.15) is 5.26 Å². The van der Waals surface area contributed by atoms with Crippen molar-refractivity contribution in [1.29, 1.82) is 5.26 Å². The Kier molecular flexibility index (Phi) is 6.86. The first-order valence-electron chi connectivity index (χ1n) is 10.5. The molecule has 0 unspecified atom stereocenters. The number of hydrogen-bond acceptors (Lipinski definition) is 5. The largest absolute Gasteiger partial charge is 0.355 e. The Morgan fingerprint density at radius 2 is 1.79 bits per heavy atom. The average molecular weight is 455 g/mol. The van der Waals surface area contributed by atoms with Crippen molar-refractivity contribution >= 4 is 28.6 Å². The van der Waals surface area contributed by atoms with Gasteiger partial charge in [0.05, 0.1) is 34.0 Å². The van der Waals surface area contributed by atoms with Crippen LogP contribution in [0.3, 0.4) is 0 Å². The second-order valence-corrected chi connectivity index (χ2v) is 8.47. The van der Waals surface area contributed by atoms with Crippen molar-refractivity contribution < 1.29 is 4.79 Å². The van der Waals surface area contributed by atoms with Gasteiger partial charge < -0.3 is 5.32 Å². The highest BCUT2D eigenvalue weighted by molar-refractivity contribution is 7.99. The number of aromatic nitrogens is 2. The lowest BCUT2D eigenvalue weighted by molar-refractivity contribution is -0.118. The Morgan fingerprint density at radius 1 is 1.06 bits per heavy atom. The molecule has 6 nitrogen and oxygen atoms in total. The number of hydrogen-bond donors (Lipinski definition) is 1. The molecule has 0 aliphatic heterocycles. The number of rotatable bonds is 7. The summed E-state index contributed by atoms with van der Waals surface area (Å²) in [5.74, 6) is 0.0110. The quantitative estimate of drug-likeness (QED) is 0.337. The maximum Gasteiger partial charge on any atom is 0.266 e. The van der Waals surface area contributed by atoms with Crippen LogP contribution in [0.1, 0.15) is 16.7 Å². The second kappa shape index (κ2) is 10.2. The van der Waals surface area contributed by atoms with Crippen molar-refractivity contribution in [2.45, 2.75) is 18.5 Å². The SMILES string of the molecule is Cc1ccccc1CCNC(=O)CSc1nc2ccccc2c(=O)n1-c1ccc(C#N)cc1. The van der Waals surface area contributed by atoms with Gasteiger partial charge in [-0.3, -0.25) is 14.2 Å². The number of fused-ring (bicyclic) bond motifs is 1. The molecule has 0 radical (unpaired) electrons. The van der Waals surface area contributed by atoms with E-state index in [1.54, 1.807) is 42.5 Å². The number of thioether (sulfide) groups is 1. The predicted molar refractivity (Wildman–Crippen MR) is 131 cm³/mol. The van der Waals surface area contributed by atoms with E-state index in [9.17, 15) is 9.59 Å². The molecule has 0 saturated carbocycles. The van der Waals surface area contributed by atoms with Crippen LogP contribution in [-0.4, -0.2) is 27.8 Å². The minimum Gasteiger partial charge on any atom is -0.355 e. The van der Waals surface area contributed by atoms with Crippen LogP contribution < -0.4 is 10.9 Å². The fourth-order valence-corrected chi connectivity index (χ4v) is 4.37. The number of benzene rings is 3. The summed E-state index contributed by atoms with van der Waals surface area (Å²) in [6, 6.07) is 24.1. The van der Waals surface area contributed by atoms with Gasteiger partial charge in [-0.15, -0.1) is 0 Å². The second-order valence-electron chi connectivity index (χ2n) is 7.53. The molecule has 3 aromatic carbocycles. The first-order chi connectivity index (χ1) is 16.1. The highest BCUT2D eigenvalue weighted by Crippen LogP contribution is 2.21. The van der Waals surface area contributed by atoms with Crippen LogP contribution in [0.5, 0.6) is 0 Å². The Balaban J connectivity index is 1.53. The molecule has 1 heterocycles. The Labute approximate surface area is 195 Å². The summed E-state index contributed by atoms with van der Waals surface area (Å²) in [5.41, 5.74) is 3.87. The molecule has 0 aliphatic rings. The van der Waals surface area contributed by atoms with E-state index in [-0.39, 0.29) is 17.2 Å². The summed E-state index contributed by atoms with van der Waals surface area (Å²) < 4.78 is 1.49. The van der Waals surface area contributed by atoms with Crippen LogP contribution in [0, 0.1) is 18.3 Å². The molecule has 1 N–H and O–H groups in total. The normalized spacial score (nSPS) is 10.7. The van der Waals surface area contributed by atoms with Gasteiger partial charge in [0.1, 0.15) is 0 Å². The Bertz CT molecular complexity index is 1400. The molecule has 4 aromatic rings. The molecule has 4 rings (SSSR count). The smallest absolute Gasteiger partial charge is 0.266 e. The van der Waals surface area contributed by atoms with Crippen LogP contribution in [0.15, 0.2) is 82.7 Å². The number of amides is 1. The molecular weight excluding hydrogens is 432 g/mol. The Morgan fingerprint density at radius 3 is 2.55 bits per heavy atom. The third-order valence-corrected chi connectivity index (χ3v) is 6.25. The van der Waals surface area contributed by atoms with E-state index in [0.717, 1.165) is 6.42 Å². The number of carbonyl (C=O) groups excluding carboxylic acids is 1. The molecule has 0 atom stereocenters. The van der Waals surface area contributed by atoms with Crippen molar-refractivity contribution in [3.63, 3.8) is 0 Å². The van der Waals surface area contributed by atoms with Crippen LogP contribution in [0.2, 0.25) is 0 Å². The van der Waals surface area contributed by atoms with Crippen LogP contribution >= 0.6 is 11.8 Å². The number of carbonyl (C=O) groups is 1. The van der Waals surface area contributed by atoms with E-state index in [0.29, 0.717) is 33.9 Å². The number of aryl methyl sites for hydroxylation is 1. The van der Waals surface area contributed by atoms with Gasteiger partial charge in [0.2, 0.25) is 5.91 Å². The zero-order valence-corrected chi connectivity index (χ0v) is 18.9. The monoisotopic (exact) mass is 454 g/mol. The lowest BCUT2D eigenvalue weighted by Crippen LogP contribution is -2.28. The topological polar surface area (TPSA) is 87.8 Å². The number of nitrogens with one attached hydrogen (secondary N) is 1. The molecule has 0 aliphatic carbocycles. The molecule has 1 aromatic heterocycles. The maximum atomic E-state index is 13.3. The summed E-state index contributed by atoms with van der Waals surface area (Å²) in [7, 11) is 0. The lowest BCUT2D eigenvalue weighted by Gasteiger charge is -2.13. The van der Waals surface area contributed by atoms with E-state index in [2.05, 4.69) is 35.4 Å². The van der Waals surface area contributed by atoms with Crippen molar-refractivity contribution in [2.75, 3.05) is 12.3 Å².